The van der Waals surface area contributed by atoms with Crippen LogP contribution in [-0.2, 0) is 16.0 Å². The fraction of sp³-hybridized carbons (Fsp3) is 0.143. The van der Waals surface area contributed by atoms with Gasteiger partial charge in [0.05, 0.1) is 23.6 Å². The van der Waals surface area contributed by atoms with Gasteiger partial charge in [0.15, 0.2) is 0 Å². The van der Waals surface area contributed by atoms with Gasteiger partial charge in [-0.05, 0) is 35.7 Å². The molecule has 0 bridgehead atoms. The van der Waals surface area contributed by atoms with Gasteiger partial charge in [-0.25, -0.2) is 0 Å². The number of aliphatic hydroxyl groups is 1. The number of rotatable bonds is 7. The Kier molecular flexibility index (Phi) is 6.19. The average Bonchev–Trinajstić information content (AvgIpc) is 3.44. The summed E-state index contributed by atoms with van der Waals surface area (Å²) in [7, 11) is 1.59. The van der Waals surface area contributed by atoms with Crippen molar-refractivity contribution in [3.8, 4) is 5.75 Å². The Morgan fingerprint density at radius 2 is 1.86 bits per heavy atom. The third kappa shape index (κ3) is 4.31. The van der Waals surface area contributed by atoms with E-state index in [1.165, 1.54) is 29.2 Å². The first kappa shape index (κ1) is 23.8. The second kappa shape index (κ2) is 9.62. The molecule has 3 aromatic carbocycles. The van der Waals surface area contributed by atoms with E-state index in [0.717, 1.165) is 16.5 Å². The van der Waals surface area contributed by atoms with E-state index in [9.17, 15) is 24.8 Å². The second-order valence-electron chi connectivity index (χ2n) is 8.69. The topological polar surface area (TPSA) is 126 Å². The number of non-ortho nitro benzene ring substituents is 1. The maximum absolute atomic E-state index is 13.2. The minimum absolute atomic E-state index is 0.0943. The van der Waals surface area contributed by atoms with Gasteiger partial charge in [0, 0.05) is 41.3 Å². The maximum Gasteiger partial charge on any atom is 0.295 e. The number of Topliss-reactive ketones (excluding diaryl/α,β-unsaturated/α-hetero) is 1. The van der Waals surface area contributed by atoms with Crippen molar-refractivity contribution in [2.24, 2.45) is 0 Å². The van der Waals surface area contributed by atoms with Crippen LogP contribution in [0.5, 0.6) is 5.75 Å². The summed E-state index contributed by atoms with van der Waals surface area (Å²) in [6.07, 6.45) is 2.31. The second-order valence-corrected chi connectivity index (χ2v) is 8.69. The Morgan fingerprint density at radius 1 is 1.08 bits per heavy atom. The molecule has 1 aromatic heterocycles. The van der Waals surface area contributed by atoms with Gasteiger partial charge in [-0.2, -0.15) is 0 Å². The highest BCUT2D eigenvalue weighted by Gasteiger charge is 2.45. The number of ether oxygens (including phenoxy) is 1. The highest BCUT2D eigenvalue weighted by atomic mass is 16.6. The molecule has 1 aliphatic rings. The fourth-order valence-corrected chi connectivity index (χ4v) is 4.75. The summed E-state index contributed by atoms with van der Waals surface area (Å²) in [5.74, 6) is -1.32. The number of nitrogens with one attached hydrogen (secondary N) is 1. The Hall–Kier alpha value is -4.92. The normalized spacial score (nSPS) is 16.9. The first-order valence-corrected chi connectivity index (χ1v) is 11.6. The van der Waals surface area contributed by atoms with Crippen LogP contribution in [0.15, 0.2) is 84.6 Å². The number of H-pyrrole nitrogens is 1. The van der Waals surface area contributed by atoms with Crippen molar-refractivity contribution in [3.05, 3.63) is 111 Å². The van der Waals surface area contributed by atoms with Gasteiger partial charge in [0.2, 0.25) is 0 Å². The van der Waals surface area contributed by atoms with Crippen molar-refractivity contribution in [3.63, 3.8) is 0 Å². The number of amides is 1. The number of carbonyl (C=O) groups is 2. The molecule has 1 amide bonds. The van der Waals surface area contributed by atoms with Gasteiger partial charge in [0.25, 0.3) is 17.4 Å². The highest BCUT2D eigenvalue weighted by Crippen LogP contribution is 2.40. The van der Waals surface area contributed by atoms with Crippen molar-refractivity contribution in [1.29, 1.82) is 0 Å². The molecule has 5 rings (SSSR count). The van der Waals surface area contributed by atoms with E-state index < -0.39 is 28.4 Å². The van der Waals surface area contributed by atoms with E-state index in [1.807, 2.05) is 30.5 Å². The van der Waals surface area contributed by atoms with E-state index in [0.29, 0.717) is 17.7 Å². The average molecular weight is 498 g/mol. The smallest absolute Gasteiger partial charge is 0.295 e. The number of aromatic amines is 1. The van der Waals surface area contributed by atoms with E-state index in [4.69, 9.17) is 4.74 Å². The number of nitro benzene ring substituents is 1. The Labute approximate surface area is 211 Å². The van der Waals surface area contributed by atoms with E-state index >= 15 is 0 Å². The predicted molar refractivity (Wildman–Crippen MR) is 137 cm³/mol. The van der Waals surface area contributed by atoms with Crippen LogP contribution in [0.4, 0.5) is 5.69 Å². The van der Waals surface area contributed by atoms with Crippen LogP contribution in [0.3, 0.4) is 0 Å². The maximum atomic E-state index is 13.2. The third-order valence-electron chi connectivity index (χ3n) is 6.58. The Balaban J connectivity index is 1.55. The molecule has 0 aliphatic carbocycles. The van der Waals surface area contributed by atoms with Gasteiger partial charge < -0.3 is 19.7 Å². The summed E-state index contributed by atoms with van der Waals surface area (Å²) in [5.41, 5.74) is 2.28. The summed E-state index contributed by atoms with van der Waals surface area (Å²) >= 11 is 0. The molecule has 9 nitrogen and oxygen atoms in total. The van der Waals surface area contributed by atoms with Gasteiger partial charge >= 0.3 is 0 Å². The molecule has 0 radical (unpaired) electrons. The number of aromatic nitrogens is 1. The zero-order valence-corrected chi connectivity index (χ0v) is 19.9. The van der Waals surface area contributed by atoms with Crippen LogP contribution in [-0.4, -0.2) is 45.3 Å². The van der Waals surface area contributed by atoms with Crippen LogP contribution >= 0.6 is 0 Å². The van der Waals surface area contributed by atoms with Gasteiger partial charge in [-0.1, -0.05) is 42.5 Å². The summed E-state index contributed by atoms with van der Waals surface area (Å²) < 4.78 is 5.34. The number of aliphatic hydroxyl groups excluding tert-OH is 1. The molecule has 2 heterocycles. The largest absolute Gasteiger partial charge is 0.507 e. The minimum atomic E-state index is -0.847. The number of fused-ring (bicyclic) bond motifs is 1. The van der Waals surface area contributed by atoms with Crippen LogP contribution in [0.2, 0.25) is 0 Å². The van der Waals surface area contributed by atoms with Crippen LogP contribution < -0.4 is 4.74 Å². The number of hydrogen-bond acceptors (Lipinski definition) is 6. The lowest BCUT2D eigenvalue weighted by Gasteiger charge is -2.25. The van der Waals surface area contributed by atoms with Crippen molar-refractivity contribution < 1.29 is 24.4 Å². The van der Waals surface area contributed by atoms with Crippen molar-refractivity contribution in [1.82, 2.24) is 9.88 Å². The molecule has 9 heteroatoms. The van der Waals surface area contributed by atoms with Gasteiger partial charge in [-0.15, -0.1) is 0 Å². The lowest BCUT2D eigenvalue weighted by Crippen LogP contribution is -2.31. The Bertz CT molecular complexity index is 1560. The molecule has 0 unspecified atom stereocenters. The van der Waals surface area contributed by atoms with Crippen molar-refractivity contribution in [2.75, 3.05) is 13.7 Å². The molecule has 186 valence electrons. The monoisotopic (exact) mass is 497 g/mol. The standard InChI is InChI=1S/C28H23N3O6/c1-37-21-10-11-23-22(15-21)19(16-29-23)12-13-30-25(17-6-3-2-4-7-17)24(27(33)28(30)34)26(32)18-8-5-9-20(14-18)31(35)36/h2-11,14-16,25,29,32H,12-13H2,1H3/t25-/m0/s1. The highest BCUT2D eigenvalue weighted by molar-refractivity contribution is 6.46. The number of carbonyl (C=O) groups excluding carboxylic acids is 2. The zero-order valence-electron chi connectivity index (χ0n) is 19.9. The number of benzene rings is 3. The van der Waals surface area contributed by atoms with Gasteiger partial charge in [0.1, 0.15) is 11.5 Å². The van der Waals surface area contributed by atoms with Crippen LogP contribution in [0, 0.1) is 10.1 Å². The zero-order chi connectivity index (χ0) is 26.1. The molecule has 0 spiro atoms. The summed E-state index contributed by atoms with van der Waals surface area (Å²) in [4.78, 5) is 41.8. The Morgan fingerprint density at radius 3 is 2.59 bits per heavy atom. The molecule has 0 saturated carbocycles. The number of hydrogen-bond donors (Lipinski definition) is 2. The third-order valence-corrected chi connectivity index (χ3v) is 6.58. The summed E-state index contributed by atoms with van der Waals surface area (Å²) in [5, 5.41) is 23.4. The molecular formula is C28H23N3O6. The molecule has 1 fully saturated rings. The predicted octanol–water partition coefficient (Wildman–Crippen LogP) is 4.75. The first-order valence-electron chi connectivity index (χ1n) is 11.6. The number of nitrogens with zero attached hydrogens (tertiary/aromatic N) is 2. The lowest BCUT2D eigenvalue weighted by atomic mass is 9.95. The fourth-order valence-electron chi connectivity index (χ4n) is 4.75. The number of nitro groups is 1. The quantitative estimate of drug-likeness (QED) is 0.125. The minimum Gasteiger partial charge on any atom is -0.507 e. The molecule has 1 aliphatic heterocycles. The van der Waals surface area contributed by atoms with Crippen LogP contribution in [0.1, 0.15) is 22.7 Å². The van der Waals surface area contributed by atoms with E-state index in [-0.39, 0.29) is 23.4 Å². The first-order chi connectivity index (χ1) is 17.9. The number of ketones is 1. The van der Waals surface area contributed by atoms with Gasteiger partial charge in [-0.3, -0.25) is 19.7 Å². The van der Waals surface area contributed by atoms with E-state index in [2.05, 4.69) is 4.98 Å². The lowest BCUT2D eigenvalue weighted by molar-refractivity contribution is -0.384. The summed E-state index contributed by atoms with van der Waals surface area (Å²) in [6.45, 7) is 0.208. The summed E-state index contributed by atoms with van der Waals surface area (Å²) in [6, 6.07) is 19.1. The van der Waals surface area contributed by atoms with Crippen molar-refractivity contribution >= 4 is 34.0 Å². The molecular weight excluding hydrogens is 474 g/mol. The van der Waals surface area contributed by atoms with Crippen molar-refractivity contribution in [2.45, 2.75) is 12.5 Å². The number of likely N-dealkylation sites (tertiary alicyclic amines) is 1. The molecule has 4 aromatic rings. The van der Waals surface area contributed by atoms with Crippen LogP contribution in [0.25, 0.3) is 16.7 Å². The van der Waals surface area contributed by atoms with E-state index in [1.54, 1.807) is 31.4 Å². The molecule has 37 heavy (non-hydrogen) atoms. The molecule has 2 N–H and O–H groups in total. The number of methoxy groups -OCH3 is 1. The SMILES string of the molecule is COc1ccc2[nH]cc(CCN3C(=O)C(=O)C(=C(O)c4cccc([N+](=O)[O-])c4)[C@@H]3c3ccccc3)c2c1. The molecule has 1 atom stereocenters. The molecule has 1 saturated heterocycles.